The standard InChI is InChI=1S/C17H23NOS/c1-14(18-2)3-4-15-5-7-17(8-6-15)19-11-9-16-10-12-20-13-16/h5-8,10,12-14,18H,3-4,9,11H2,1-2H3. The third kappa shape index (κ3) is 4.99. The minimum Gasteiger partial charge on any atom is -0.493 e. The second-order valence-corrected chi connectivity index (χ2v) is 5.88. The Labute approximate surface area is 125 Å². The van der Waals surface area contributed by atoms with Gasteiger partial charge in [0.1, 0.15) is 5.75 Å². The van der Waals surface area contributed by atoms with Crippen molar-refractivity contribution in [1.29, 1.82) is 0 Å². The average molecular weight is 289 g/mol. The van der Waals surface area contributed by atoms with Gasteiger partial charge in [-0.25, -0.2) is 0 Å². The molecule has 0 aliphatic rings. The van der Waals surface area contributed by atoms with Gasteiger partial charge in [-0.15, -0.1) is 0 Å². The van der Waals surface area contributed by atoms with E-state index < -0.39 is 0 Å². The Morgan fingerprint density at radius 1 is 1.10 bits per heavy atom. The van der Waals surface area contributed by atoms with Crippen LogP contribution in [0.3, 0.4) is 0 Å². The predicted octanol–water partition coefficient (Wildman–Crippen LogP) is 3.91. The molecule has 1 aromatic heterocycles. The highest BCUT2D eigenvalue weighted by molar-refractivity contribution is 7.07. The van der Waals surface area contributed by atoms with Crippen LogP contribution in [0.4, 0.5) is 0 Å². The highest BCUT2D eigenvalue weighted by atomic mass is 32.1. The second kappa shape index (κ2) is 8.08. The van der Waals surface area contributed by atoms with Gasteiger partial charge >= 0.3 is 0 Å². The molecule has 1 aromatic carbocycles. The van der Waals surface area contributed by atoms with Crippen LogP contribution in [0.2, 0.25) is 0 Å². The van der Waals surface area contributed by atoms with Gasteiger partial charge < -0.3 is 10.1 Å². The number of rotatable bonds is 8. The molecule has 0 saturated carbocycles. The summed E-state index contributed by atoms with van der Waals surface area (Å²) in [6.07, 6.45) is 3.25. The molecule has 2 nitrogen and oxygen atoms in total. The first-order valence-corrected chi connectivity index (χ1v) is 8.12. The molecule has 0 saturated heterocycles. The van der Waals surface area contributed by atoms with E-state index in [-0.39, 0.29) is 0 Å². The summed E-state index contributed by atoms with van der Waals surface area (Å²) in [5.41, 5.74) is 2.73. The molecule has 3 heteroatoms. The molecule has 108 valence electrons. The van der Waals surface area contributed by atoms with Crippen LogP contribution in [0, 0.1) is 0 Å². The van der Waals surface area contributed by atoms with Crippen LogP contribution < -0.4 is 10.1 Å². The van der Waals surface area contributed by atoms with E-state index in [9.17, 15) is 0 Å². The minimum absolute atomic E-state index is 0.566. The van der Waals surface area contributed by atoms with E-state index in [1.54, 1.807) is 11.3 Å². The molecule has 0 aliphatic carbocycles. The zero-order chi connectivity index (χ0) is 14.2. The maximum atomic E-state index is 5.77. The number of benzene rings is 1. The minimum atomic E-state index is 0.566. The summed E-state index contributed by atoms with van der Waals surface area (Å²) in [4.78, 5) is 0. The molecule has 1 atom stereocenters. The Balaban J connectivity index is 1.73. The Hall–Kier alpha value is -1.32. The molecule has 0 spiro atoms. The van der Waals surface area contributed by atoms with Crippen molar-refractivity contribution >= 4 is 11.3 Å². The van der Waals surface area contributed by atoms with Gasteiger partial charge in [-0.05, 0) is 66.9 Å². The van der Waals surface area contributed by atoms with Crippen LogP contribution in [0.5, 0.6) is 5.75 Å². The summed E-state index contributed by atoms with van der Waals surface area (Å²) < 4.78 is 5.77. The first-order chi connectivity index (χ1) is 9.78. The largest absolute Gasteiger partial charge is 0.493 e. The zero-order valence-electron chi connectivity index (χ0n) is 12.3. The van der Waals surface area contributed by atoms with Crippen molar-refractivity contribution in [2.75, 3.05) is 13.7 Å². The number of thiophene rings is 1. The zero-order valence-corrected chi connectivity index (χ0v) is 13.1. The van der Waals surface area contributed by atoms with Crippen LogP contribution in [0.15, 0.2) is 41.1 Å². The maximum absolute atomic E-state index is 5.77. The number of hydrogen-bond acceptors (Lipinski definition) is 3. The van der Waals surface area contributed by atoms with Gasteiger partial charge in [-0.3, -0.25) is 0 Å². The van der Waals surface area contributed by atoms with Gasteiger partial charge in [0.15, 0.2) is 0 Å². The smallest absolute Gasteiger partial charge is 0.119 e. The molecular formula is C17H23NOS. The van der Waals surface area contributed by atoms with Crippen LogP contribution in [-0.4, -0.2) is 19.7 Å². The van der Waals surface area contributed by atoms with E-state index in [4.69, 9.17) is 4.74 Å². The Morgan fingerprint density at radius 3 is 2.55 bits per heavy atom. The fraction of sp³-hybridized carbons (Fsp3) is 0.412. The third-order valence-corrected chi connectivity index (χ3v) is 4.25. The summed E-state index contributed by atoms with van der Waals surface area (Å²) in [5, 5.41) is 7.55. The van der Waals surface area contributed by atoms with Crippen molar-refractivity contribution in [2.45, 2.75) is 32.2 Å². The molecule has 0 amide bonds. The number of ether oxygens (including phenoxy) is 1. The topological polar surface area (TPSA) is 21.3 Å². The average Bonchev–Trinajstić information content (AvgIpc) is 2.99. The molecule has 0 radical (unpaired) electrons. The summed E-state index contributed by atoms with van der Waals surface area (Å²) in [6, 6.07) is 11.2. The molecule has 0 aliphatic heterocycles. The van der Waals surface area contributed by atoms with E-state index in [1.807, 2.05) is 7.05 Å². The highest BCUT2D eigenvalue weighted by Crippen LogP contribution is 2.15. The summed E-state index contributed by atoms with van der Waals surface area (Å²) in [5.74, 6) is 0.964. The van der Waals surface area contributed by atoms with Crippen molar-refractivity contribution in [3.8, 4) is 5.75 Å². The van der Waals surface area contributed by atoms with Gasteiger partial charge in [0.2, 0.25) is 0 Å². The molecule has 20 heavy (non-hydrogen) atoms. The Bertz CT molecular complexity index is 478. The predicted molar refractivity (Wildman–Crippen MR) is 86.8 cm³/mol. The number of hydrogen-bond donors (Lipinski definition) is 1. The normalized spacial score (nSPS) is 12.3. The van der Waals surface area contributed by atoms with E-state index in [1.165, 1.54) is 11.1 Å². The van der Waals surface area contributed by atoms with Gasteiger partial charge in [-0.2, -0.15) is 11.3 Å². The van der Waals surface area contributed by atoms with Crippen LogP contribution in [0.1, 0.15) is 24.5 Å². The highest BCUT2D eigenvalue weighted by Gasteiger charge is 2.00. The maximum Gasteiger partial charge on any atom is 0.119 e. The van der Waals surface area contributed by atoms with Crippen molar-refractivity contribution in [3.05, 3.63) is 52.2 Å². The molecule has 1 unspecified atom stereocenters. The monoisotopic (exact) mass is 289 g/mol. The van der Waals surface area contributed by atoms with Gasteiger partial charge in [0, 0.05) is 12.5 Å². The lowest BCUT2D eigenvalue weighted by Gasteiger charge is -2.10. The summed E-state index contributed by atoms with van der Waals surface area (Å²) in [6.45, 7) is 2.95. The van der Waals surface area contributed by atoms with Crippen LogP contribution in [0.25, 0.3) is 0 Å². The van der Waals surface area contributed by atoms with Crippen molar-refractivity contribution in [1.82, 2.24) is 5.32 Å². The van der Waals surface area contributed by atoms with E-state index in [0.717, 1.165) is 31.6 Å². The molecule has 0 bridgehead atoms. The molecule has 0 fully saturated rings. The molecule has 1 heterocycles. The first-order valence-electron chi connectivity index (χ1n) is 7.18. The van der Waals surface area contributed by atoms with E-state index >= 15 is 0 Å². The summed E-state index contributed by atoms with van der Waals surface area (Å²) >= 11 is 1.74. The summed E-state index contributed by atoms with van der Waals surface area (Å²) in [7, 11) is 2.01. The molecule has 1 N–H and O–H groups in total. The SMILES string of the molecule is CNC(C)CCc1ccc(OCCc2ccsc2)cc1. The Kier molecular flexibility index (Phi) is 6.09. The lowest BCUT2D eigenvalue weighted by molar-refractivity contribution is 0.322. The van der Waals surface area contributed by atoms with E-state index in [0.29, 0.717) is 6.04 Å². The van der Waals surface area contributed by atoms with Crippen molar-refractivity contribution < 1.29 is 4.74 Å². The second-order valence-electron chi connectivity index (χ2n) is 5.10. The van der Waals surface area contributed by atoms with Gasteiger partial charge in [0.25, 0.3) is 0 Å². The third-order valence-electron chi connectivity index (χ3n) is 3.52. The van der Waals surface area contributed by atoms with Crippen LogP contribution >= 0.6 is 11.3 Å². The quantitative estimate of drug-likeness (QED) is 0.795. The van der Waals surface area contributed by atoms with Crippen molar-refractivity contribution in [3.63, 3.8) is 0 Å². The van der Waals surface area contributed by atoms with Gasteiger partial charge in [-0.1, -0.05) is 12.1 Å². The number of aryl methyl sites for hydroxylation is 1. The first kappa shape index (κ1) is 15.1. The van der Waals surface area contributed by atoms with Crippen molar-refractivity contribution in [2.24, 2.45) is 0 Å². The van der Waals surface area contributed by atoms with Gasteiger partial charge in [0.05, 0.1) is 6.61 Å². The van der Waals surface area contributed by atoms with Crippen LogP contribution in [-0.2, 0) is 12.8 Å². The fourth-order valence-corrected chi connectivity index (χ4v) is 2.70. The number of nitrogens with one attached hydrogen (secondary N) is 1. The Morgan fingerprint density at radius 2 is 1.90 bits per heavy atom. The lowest BCUT2D eigenvalue weighted by atomic mass is 10.1. The van der Waals surface area contributed by atoms with E-state index in [2.05, 4.69) is 53.3 Å². The molecular weight excluding hydrogens is 266 g/mol. The fourth-order valence-electron chi connectivity index (χ4n) is 2.00. The molecule has 2 rings (SSSR count). The lowest BCUT2D eigenvalue weighted by Crippen LogP contribution is -2.21. The molecule has 2 aromatic rings.